The van der Waals surface area contributed by atoms with Gasteiger partial charge in [-0.1, -0.05) is 27.7 Å². The molecular formula is C14H23BrN2O2. The number of aromatic amines is 1. The molecular weight excluding hydrogens is 308 g/mol. The van der Waals surface area contributed by atoms with Crippen molar-refractivity contribution in [3.8, 4) is 0 Å². The molecule has 1 rings (SSSR count). The van der Waals surface area contributed by atoms with E-state index < -0.39 is 5.60 Å². The van der Waals surface area contributed by atoms with Crippen molar-refractivity contribution in [1.29, 1.82) is 0 Å². The van der Waals surface area contributed by atoms with E-state index in [1.165, 1.54) is 0 Å². The summed E-state index contributed by atoms with van der Waals surface area (Å²) in [5.41, 5.74) is 0.141. The number of H-pyrrole nitrogens is 1. The highest BCUT2D eigenvalue weighted by molar-refractivity contribution is 9.10. The maximum Gasteiger partial charge on any atom is 0.265 e. The summed E-state index contributed by atoms with van der Waals surface area (Å²) in [6, 6.07) is 0. The third-order valence-electron chi connectivity index (χ3n) is 3.43. The molecule has 0 amide bonds. The maximum absolute atomic E-state index is 12.0. The molecule has 1 heterocycles. The largest absolute Gasteiger partial charge is 0.367 e. The van der Waals surface area contributed by atoms with Crippen molar-refractivity contribution in [2.45, 2.75) is 59.0 Å². The Morgan fingerprint density at radius 3 is 2.32 bits per heavy atom. The maximum atomic E-state index is 12.0. The monoisotopic (exact) mass is 330 g/mol. The lowest BCUT2D eigenvalue weighted by molar-refractivity contribution is -0.0575. The normalized spacial score (nSPS) is 12.2. The van der Waals surface area contributed by atoms with Gasteiger partial charge in [0.05, 0.1) is 5.69 Å². The van der Waals surface area contributed by atoms with Gasteiger partial charge < -0.3 is 9.72 Å². The van der Waals surface area contributed by atoms with Gasteiger partial charge in [0.1, 0.15) is 15.9 Å². The van der Waals surface area contributed by atoms with Crippen LogP contribution in [0.2, 0.25) is 0 Å². The highest BCUT2D eigenvalue weighted by Crippen LogP contribution is 2.31. The number of rotatable bonds is 6. The van der Waals surface area contributed by atoms with Crippen LogP contribution in [0, 0.1) is 0 Å². The lowest BCUT2D eigenvalue weighted by Crippen LogP contribution is -2.34. The summed E-state index contributed by atoms with van der Waals surface area (Å²) < 4.78 is 6.41. The minimum atomic E-state index is -0.502. The number of ether oxygens (including phenoxy) is 1. The fourth-order valence-electron chi connectivity index (χ4n) is 2.21. The number of nitrogens with zero attached hydrogens (tertiary/aromatic N) is 1. The van der Waals surface area contributed by atoms with Gasteiger partial charge in [0.25, 0.3) is 5.56 Å². The third-order valence-corrected chi connectivity index (χ3v) is 4.20. The molecule has 0 bridgehead atoms. The fourth-order valence-corrected chi connectivity index (χ4v) is 2.85. The summed E-state index contributed by atoms with van der Waals surface area (Å²) >= 11 is 3.32. The Balaban J connectivity index is 3.44. The van der Waals surface area contributed by atoms with Gasteiger partial charge in [-0.2, -0.15) is 0 Å². The van der Waals surface area contributed by atoms with Gasteiger partial charge in [-0.3, -0.25) is 4.79 Å². The van der Waals surface area contributed by atoms with E-state index in [4.69, 9.17) is 4.74 Å². The van der Waals surface area contributed by atoms with Gasteiger partial charge >= 0.3 is 0 Å². The highest BCUT2D eigenvalue weighted by Gasteiger charge is 2.33. The second-order valence-corrected chi connectivity index (χ2v) is 5.70. The van der Waals surface area contributed by atoms with Crippen LogP contribution in [-0.4, -0.2) is 16.6 Å². The van der Waals surface area contributed by atoms with Crippen LogP contribution >= 0.6 is 15.9 Å². The van der Waals surface area contributed by atoms with Crippen molar-refractivity contribution in [2.75, 3.05) is 6.61 Å². The van der Waals surface area contributed by atoms with E-state index >= 15 is 0 Å². The van der Waals surface area contributed by atoms with Gasteiger partial charge in [-0.15, -0.1) is 0 Å². The average Bonchev–Trinajstić information content (AvgIpc) is 2.38. The summed E-state index contributed by atoms with van der Waals surface area (Å²) in [6.45, 7) is 10.7. The van der Waals surface area contributed by atoms with Crippen molar-refractivity contribution in [2.24, 2.45) is 0 Å². The van der Waals surface area contributed by atoms with Crippen LogP contribution in [0.5, 0.6) is 0 Å². The van der Waals surface area contributed by atoms with Crippen molar-refractivity contribution < 1.29 is 4.74 Å². The van der Waals surface area contributed by atoms with E-state index in [0.717, 1.165) is 18.5 Å². The summed E-state index contributed by atoms with van der Waals surface area (Å²) in [4.78, 5) is 19.5. The molecule has 0 spiro atoms. The van der Waals surface area contributed by atoms with E-state index in [1.807, 2.05) is 20.8 Å². The van der Waals surface area contributed by atoms with Crippen molar-refractivity contribution >= 4 is 15.9 Å². The van der Waals surface area contributed by atoms with E-state index in [-0.39, 0.29) is 11.5 Å². The molecule has 5 heteroatoms. The van der Waals surface area contributed by atoms with E-state index in [1.54, 1.807) is 0 Å². The number of hydrogen-bond donors (Lipinski definition) is 1. The van der Waals surface area contributed by atoms with Crippen LogP contribution in [0.3, 0.4) is 0 Å². The van der Waals surface area contributed by atoms with Crippen LogP contribution in [0.25, 0.3) is 0 Å². The molecule has 0 fully saturated rings. The van der Waals surface area contributed by atoms with Crippen LogP contribution in [0.1, 0.15) is 64.9 Å². The van der Waals surface area contributed by atoms with Gasteiger partial charge in [-0.05, 0) is 41.6 Å². The Bertz CT molecular complexity index is 479. The van der Waals surface area contributed by atoms with Gasteiger partial charge in [0, 0.05) is 6.61 Å². The van der Waals surface area contributed by atoms with Crippen LogP contribution in [0.4, 0.5) is 0 Å². The van der Waals surface area contributed by atoms with Crippen molar-refractivity contribution in [3.05, 3.63) is 26.3 Å². The molecule has 19 heavy (non-hydrogen) atoms. The smallest absolute Gasteiger partial charge is 0.265 e. The lowest BCUT2D eigenvalue weighted by atomic mass is 9.95. The number of nitrogens with one attached hydrogen (secondary N) is 1. The number of hydrogen-bond acceptors (Lipinski definition) is 3. The van der Waals surface area contributed by atoms with Crippen molar-refractivity contribution in [3.63, 3.8) is 0 Å². The Labute approximate surface area is 123 Å². The molecule has 108 valence electrons. The van der Waals surface area contributed by atoms with Gasteiger partial charge in [-0.25, -0.2) is 4.98 Å². The Morgan fingerprint density at radius 2 is 1.89 bits per heavy atom. The van der Waals surface area contributed by atoms with Crippen LogP contribution < -0.4 is 5.56 Å². The predicted molar refractivity (Wildman–Crippen MR) is 80.5 cm³/mol. The summed E-state index contributed by atoms with van der Waals surface area (Å²) in [7, 11) is 0. The first-order valence-corrected chi connectivity index (χ1v) is 7.65. The molecule has 0 aromatic carbocycles. The van der Waals surface area contributed by atoms with Gasteiger partial charge in [0.15, 0.2) is 0 Å². The van der Waals surface area contributed by atoms with E-state index in [9.17, 15) is 4.79 Å². The Morgan fingerprint density at radius 1 is 1.32 bits per heavy atom. The predicted octanol–water partition coefficient (Wildman–Crippen LogP) is 3.71. The Hall–Kier alpha value is -0.680. The molecule has 0 aliphatic carbocycles. The van der Waals surface area contributed by atoms with E-state index in [0.29, 0.717) is 16.9 Å². The molecule has 1 aromatic heterocycles. The number of aromatic nitrogens is 2. The second kappa shape index (κ2) is 6.66. The zero-order chi connectivity index (χ0) is 14.6. The first-order valence-electron chi connectivity index (χ1n) is 6.85. The molecule has 0 saturated heterocycles. The third kappa shape index (κ3) is 3.26. The summed E-state index contributed by atoms with van der Waals surface area (Å²) in [5.74, 6) is 0.819. The standard InChI is InChI=1S/C14H23BrN2O2/c1-6-14(7-2,19-8-3)13-16-11(9(4)5)10(15)12(18)17-13/h9H,6-8H2,1-5H3,(H,16,17,18). The molecule has 4 nitrogen and oxygen atoms in total. The van der Waals surface area contributed by atoms with Crippen LogP contribution in [-0.2, 0) is 10.3 Å². The number of halogens is 1. The average molecular weight is 331 g/mol. The lowest BCUT2D eigenvalue weighted by Gasteiger charge is -2.31. The summed E-state index contributed by atoms with van der Waals surface area (Å²) in [6.07, 6.45) is 1.55. The zero-order valence-corrected chi connectivity index (χ0v) is 13.9. The molecule has 0 aliphatic heterocycles. The molecule has 0 aliphatic rings. The minimum Gasteiger partial charge on any atom is -0.367 e. The molecule has 1 aromatic rings. The zero-order valence-electron chi connectivity index (χ0n) is 12.3. The molecule has 0 saturated carbocycles. The minimum absolute atomic E-state index is 0.139. The molecule has 1 N–H and O–H groups in total. The molecule has 0 radical (unpaired) electrons. The Kier molecular flexibility index (Phi) is 5.74. The fraction of sp³-hybridized carbons (Fsp3) is 0.714. The highest BCUT2D eigenvalue weighted by atomic mass is 79.9. The van der Waals surface area contributed by atoms with Crippen LogP contribution in [0.15, 0.2) is 9.27 Å². The summed E-state index contributed by atoms with van der Waals surface area (Å²) in [5, 5.41) is 0. The quantitative estimate of drug-likeness (QED) is 0.864. The molecule has 0 atom stereocenters. The first kappa shape index (κ1) is 16.4. The van der Waals surface area contributed by atoms with Crippen molar-refractivity contribution in [1.82, 2.24) is 9.97 Å². The topological polar surface area (TPSA) is 55.0 Å². The molecule has 0 unspecified atom stereocenters. The SMILES string of the molecule is CCOC(CC)(CC)c1nc(C(C)C)c(Br)c(=O)[nH]1. The second-order valence-electron chi connectivity index (χ2n) is 4.90. The van der Waals surface area contributed by atoms with E-state index in [2.05, 4.69) is 39.7 Å². The van der Waals surface area contributed by atoms with Gasteiger partial charge in [0.2, 0.25) is 0 Å². The first-order chi connectivity index (χ1) is 8.91.